The zero-order chi connectivity index (χ0) is 21.8. The minimum Gasteiger partial charge on any atom is -0.456 e. The van der Waals surface area contributed by atoms with Crippen LogP contribution in [0.4, 0.5) is 21.8 Å². The highest BCUT2D eigenvalue weighted by Gasteiger charge is 2.14. The minimum atomic E-state index is -0.475. The molecule has 6 nitrogen and oxygen atoms in total. The first-order valence-electron chi connectivity index (χ1n) is 9.96. The van der Waals surface area contributed by atoms with Crippen LogP contribution >= 0.6 is 11.6 Å². The van der Waals surface area contributed by atoms with Crippen LogP contribution < -0.4 is 10.6 Å². The smallest absolute Gasteiger partial charge is 0.229 e. The summed E-state index contributed by atoms with van der Waals surface area (Å²) in [6, 6.07) is 14.2. The van der Waals surface area contributed by atoms with E-state index < -0.39 is 5.82 Å². The summed E-state index contributed by atoms with van der Waals surface area (Å²) >= 11 is 5.88. The Morgan fingerprint density at radius 2 is 1.97 bits per heavy atom. The van der Waals surface area contributed by atoms with Gasteiger partial charge < -0.3 is 20.0 Å². The molecule has 0 aliphatic rings. The molecule has 0 saturated carbocycles. The highest BCUT2D eigenvalue weighted by Crippen LogP contribution is 2.32. The molecule has 0 aliphatic carbocycles. The van der Waals surface area contributed by atoms with Gasteiger partial charge in [-0.2, -0.15) is 4.98 Å². The molecule has 0 atom stereocenters. The molecule has 4 aromatic rings. The van der Waals surface area contributed by atoms with Crippen LogP contribution in [0.3, 0.4) is 0 Å². The summed E-state index contributed by atoms with van der Waals surface area (Å²) in [7, 11) is 4.08. The second-order valence-electron chi connectivity index (χ2n) is 7.44. The maximum atomic E-state index is 13.4. The third-order valence-corrected chi connectivity index (χ3v) is 5.02. The van der Waals surface area contributed by atoms with E-state index in [9.17, 15) is 4.39 Å². The van der Waals surface area contributed by atoms with Crippen molar-refractivity contribution in [3.63, 3.8) is 0 Å². The largest absolute Gasteiger partial charge is 0.456 e. The van der Waals surface area contributed by atoms with Crippen molar-refractivity contribution in [3.05, 3.63) is 65.6 Å². The molecular formula is C23H23ClFN5O. The maximum absolute atomic E-state index is 13.4. The molecule has 0 spiro atoms. The number of nitrogens with one attached hydrogen (secondary N) is 2. The molecule has 0 amide bonds. The van der Waals surface area contributed by atoms with Crippen molar-refractivity contribution < 1.29 is 8.81 Å². The van der Waals surface area contributed by atoms with Crippen LogP contribution in [-0.2, 0) is 0 Å². The number of hydrogen-bond acceptors (Lipinski definition) is 6. The zero-order valence-corrected chi connectivity index (χ0v) is 18.1. The molecule has 0 aliphatic heterocycles. The van der Waals surface area contributed by atoms with Crippen molar-refractivity contribution in [2.45, 2.75) is 6.42 Å². The molecule has 8 heteroatoms. The van der Waals surface area contributed by atoms with Crippen molar-refractivity contribution in [2.24, 2.45) is 0 Å². The number of benzene rings is 2. The van der Waals surface area contributed by atoms with Gasteiger partial charge in [-0.1, -0.05) is 29.8 Å². The third-order valence-electron chi connectivity index (χ3n) is 4.73. The average molecular weight is 440 g/mol. The molecular weight excluding hydrogens is 417 g/mol. The Hall–Kier alpha value is -3.16. The number of para-hydroxylation sites is 1. The molecule has 2 aromatic carbocycles. The first kappa shape index (κ1) is 21.1. The van der Waals surface area contributed by atoms with Gasteiger partial charge in [0.05, 0.1) is 10.6 Å². The van der Waals surface area contributed by atoms with E-state index in [-0.39, 0.29) is 5.02 Å². The van der Waals surface area contributed by atoms with Crippen LogP contribution in [-0.4, -0.2) is 42.1 Å². The predicted molar refractivity (Wildman–Crippen MR) is 124 cm³/mol. The molecule has 0 fully saturated rings. The number of aromatic nitrogens is 2. The number of halogens is 2. The lowest BCUT2D eigenvalue weighted by Gasteiger charge is -2.13. The van der Waals surface area contributed by atoms with E-state index in [0.717, 1.165) is 36.0 Å². The summed E-state index contributed by atoms with van der Waals surface area (Å²) in [4.78, 5) is 11.2. The van der Waals surface area contributed by atoms with Gasteiger partial charge in [0.25, 0.3) is 0 Å². The van der Waals surface area contributed by atoms with E-state index in [1.54, 1.807) is 12.3 Å². The summed E-state index contributed by atoms with van der Waals surface area (Å²) in [5, 5.41) is 7.51. The Morgan fingerprint density at radius 1 is 1.13 bits per heavy atom. The molecule has 2 N–H and O–H groups in total. The predicted octanol–water partition coefficient (Wildman–Crippen LogP) is 5.79. The molecule has 2 aromatic heterocycles. The van der Waals surface area contributed by atoms with E-state index in [1.165, 1.54) is 12.1 Å². The number of fused-ring (bicyclic) bond motifs is 1. The lowest BCUT2D eigenvalue weighted by Crippen LogP contribution is -2.17. The van der Waals surface area contributed by atoms with Gasteiger partial charge in [-0.05, 0) is 57.4 Å². The first-order valence-corrected chi connectivity index (χ1v) is 10.3. The van der Waals surface area contributed by atoms with Crippen LogP contribution in [0.1, 0.15) is 6.42 Å². The summed E-state index contributed by atoms with van der Waals surface area (Å²) < 4.78 is 19.5. The van der Waals surface area contributed by atoms with Gasteiger partial charge in [-0.15, -0.1) is 0 Å². The lowest BCUT2D eigenvalue weighted by atomic mass is 10.2. The molecule has 2 heterocycles. The standard InChI is InChI=1S/C23H23ClFN5O/c1-30(2)11-5-10-26-22-17(21-12-15-6-3-4-7-20(15)31-21)14-27-23(29-22)28-16-8-9-19(25)18(24)13-16/h3-4,6-9,12-14H,5,10-11H2,1-2H3,(H2,26,27,28,29). The van der Waals surface area contributed by atoms with E-state index in [0.29, 0.717) is 23.2 Å². The summed E-state index contributed by atoms with van der Waals surface area (Å²) in [5.41, 5.74) is 2.17. The van der Waals surface area contributed by atoms with E-state index >= 15 is 0 Å². The third kappa shape index (κ3) is 5.13. The van der Waals surface area contributed by atoms with Crippen molar-refractivity contribution in [1.29, 1.82) is 0 Å². The highest BCUT2D eigenvalue weighted by atomic mass is 35.5. The number of nitrogens with zero attached hydrogens (tertiary/aromatic N) is 3. The molecule has 0 radical (unpaired) electrons. The van der Waals surface area contributed by atoms with E-state index in [4.69, 9.17) is 16.0 Å². The second kappa shape index (κ2) is 9.32. The van der Waals surface area contributed by atoms with Gasteiger partial charge >= 0.3 is 0 Å². The summed E-state index contributed by atoms with van der Waals surface area (Å²) in [5.74, 6) is 1.24. The van der Waals surface area contributed by atoms with Crippen LogP contribution in [0.15, 0.2) is 59.1 Å². The van der Waals surface area contributed by atoms with Gasteiger partial charge in [0.1, 0.15) is 23.0 Å². The average Bonchev–Trinajstić information content (AvgIpc) is 3.18. The van der Waals surface area contributed by atoms with Crippen molar-refractivity contribution >= 4 is 40.0 Å². The highest BCUT2D eigenvalue weighted by molar-refractivity contribution is 6.31. The van der Waals surface area contributed by atoms with Crippen molar-refractivity contribution in [1.82, 2.24) is 14.9 Å². The van der Waals surface area contributed by atoms with Crippen LogP contribution in [0.2, 0.25) is 5.02 Å². The van der Waals surface area contributed by atoms with Gasteiger partial charge in [0.2, 0.25) is 5.95 Å². The van der Waals surface area contributed by atoms with Gasteiger partial charge in [0.15, 0.2) is 0 Å². The quantitative estimate of drug-likeness (QED) is 0.339. The Morgan fingerprint density at radius 3 is 2.74 bits per heavy atom. The molecule has 31 heavy (non-hydrogen) atoms. The second-order valence-corrected chi connectivity index (χ2v) is 7.85. The fourth-order valence-electron chi connectivity index (χ4n) is 3.18. The fourth-order valence-corrected chi connectivity index (χ4v) is 3.36. The van der Waals surface area contributed by atoms with Crippen molar-refractivity contribution in [2.75, 3.05) is 37.8 Å². The SMILES string of the molecule is CN(C)CCCNc1nc(Nc2ccc(F)c(Cl)c2)ncc1-c1cc2ccccc2o1. The molecule has 0 bridgehead atoms. The minimum absolute atomic E-state index is 0.0333. The normalized spacial score (nSPS) is 11.3. The number of furan rings is 1. The first-order chi connectivity index (χ1) is 15.0. The van der Waals surface area contributed by atoms with E-state index in [1.807, 2.05) is 44.4 Å². The Kier molecular flexibility index (Phi) is 6.34. The topological polar surface area (TPSA) is 66.2 Å². The molecule has 160 valence electrons. The van der Waals surface area contributed by atoms with Gasteiger partial charge in [-0.25, -0.2) is 9.37 Å². The van der Waals surface area contributed by atoms with Gasteiger partial charge in [0, 0.05) is 23.8 Å². The molecule has 0 saturated heterocycles. The molecule has 4 rings (SSSR count). The number of hydrogen-bond donors (Lipinski definition) is 2. The fraction of sp³-hybridized carbons (Fsp3) is 0.217. The monoisotopic (exact) mass is 439 g/mol. The Balaban J connectivity index is 1.63. The maximum Gasteiger partial charge on any atom is 0.229 e. The summed E-state index contributed by atoms with van der Waals surface area (Å²) in [6.07, 6.45) is 2.67. The number of rotatable bonds is 8. The summed E-state index contributed by atoms with van der Waals surface area (Å²) in [6.45, 7) is 1.70. The Bertz CT molecular complexity index is 1160. The zero-order valence-electron chi connectivity index (χ0n) is 17.3. The van der Waals surface area contributed by atoms with Crippen LogP contribution in [0.5, 0.6) is 0 Å². The lowest BCUT2D eigenvalue weighted by molar-refractivity contribution is 0.405. The molecule has 0 unspecified atom stereocenters. The van der Waals surface area contributed by atoms with Crippen LogP contribution in [0, 0.1) is 5.82 Å². The Labute approximate surface area is 185 Å². The van der Waals surface area contributed by atoms with Crippen molar-refractivity contribution in [3.8, 4) is 11.3 Å². The van der Waals surface area contributed by atoms with Gasteiger partial charge in [-0.3, -0.25) is 0 Å². The number of anilines is 3. The van der Waals surface area contributed by atoms with E-state index in [2.05, 4.69) is 25.5 Å². The van der Waals surface area contributed by atoms with Crippen LogP contribution in [0.25, 0.3) is 22.3 Å².